The second-order valence-electron chi connectivity index (χ2n) is 4.52. The maximum Gasteiger partial charge on any atom is 0.223 e. The van der Waals surface area contributed by atoms with Crippen LogP contribution < -0.4 is 0 Å². The number of carbonyl (C=O) groups excluding carboxylic acids is 1. The third-order valence-electron chi connectivity index (χ3n) is 3.15. The Morgan fingerprint density at radius 2 is 2.16 bits per heavy atom. The minimum atomic E-state index is 0.0115. The summed E-state index contributed by atoms with van der Waals surface area (Å²) in [6.45, 7) is 4.95. The Labute approximate surface area is 115 Å². The number of aliphatic hydroxyl groups excluding tert-OH is 1. The smallest absolute Gasteiger partial charge is 0.223 e. The topological polar surface area (TPSA) is 59.0 Å². The van der Waals surface area contributed by atoms with E-state index in [4.69, 9.17) is 14.6 Å². The van der Waals surface area contributed by atoms with Gasteiger partial charge in [-0.2, -0.15) is 0 Å². The van der Waals surface area contributed by atoms with Crippen LogP contribution >= 0.6 is 0 Å². The average molecular weight is 271 g/mol. The quantitative estimate of drug-likeness (QED) is 0.501. The zero-order valence-electron chi connectivity index (χ0n) is 11.7. The summed E-state index contributed by atoms with van der Waals surface area (Å²) in [5.74, 6) is 0.173. The summed E-state index contributed by atoms with van der Waals surface area (Å²) in [6.07, 6.45) is 6.01. The van der Waals surface area contributed by atoms with E-state index in [1.54, 1.807) is 6.08 Å². The Hall–Kier alpha value is -0.910. The van der Waals surface area contributed by atoms with Gasteiger partial charge in [0.05, 0.1) is 32.5 Å². The number of rotatable bonds is 9. The molecule has 1 atom stereocenters. The van der Waals surface area contributed by atoms with Crippen molar-refractivity contribution in [2.24, 2.45) is 0 Å². The fraction of sp³-hybridized carbons (Fsp3) is 0.786. The van der Waals surface area contributed by atoms with Crippen LogP contribution in [-0.2, 0) is 14.3 Å². The molecule has 0 aliphatic carbocycles. The van der Waals surface area contributed by atoms with E-state index in [0.717, 1.165) is 12.8 Å². The summed E-state index contributed by atoms with van der Waals surface area (Å²) in [5, 5.41) is 8.72. The predicted molar refractivity (Wildman–Crippen MR) is 72.9 cm³/mol. The zero-order valence-corrected chi connectivity index (χ0v) is 11.7. The van der Waals surface area contributed by atoms with Gasteiger partial charge in [-0.25, -0.2) is 0 Å². The molecule has 19 heavy (non-hydrogen) atoms. The number of piperidine rings is 1. The van der Waals surface area contributed by atoms with E-state index in [9.17, 15) is 4.79 Å². The van der Waals surface area contributed by atoms with Crippen molar-refractivity contribution in [3.05, 3.63) is 12.2 Å². The first-order valence-electron chi connectivity index (χ1n) is 7.00. The predicted octanol–water partition coefficient (Wildman–Crippen LogP) is 0.969. The Morgan fingerprint density at radius 1 is 1.37 bits per heavy atom. The third kappa shape index (κ3) is 6.18. The molecule has 0 saturated carbocycles. The van der Waals surface area contributed by atoms with Gasteiger partial charge in [-0.1, -0.05) is 12.2 Å². The monoisotopic (exact) mass is 271 g/mol. The zero-order chi connectivity index (χ0) is 13.9. The van der Waals surface area contributed by atoms with Crippen LogP contribution in [0.1, 0.15) is 26.2 Å². The molecule has 0 radical (unpaired) electrons. The van der Waals surface area contributed by atoms with Gasteiger partial charge in [-0.15, -0.1) is 0 Å². The standard InChI is InChI=1S/C14H25NO4/c1-2-18-10-11-19-12-13-6-5-7-14(17)15(13)8-3-4-9-16/h3-4,13,16H,2,5-12H2,1H3/b4-3-/t13-/m1/s1. The molecule has 1 heterocycles. The molecule has 1 N–H and O–H groups in total. The molecule has 0 aromatic rings. The van der Waals surface area contributed by atoms with Crippen LogP contribution in [0.5, 0.6) is 0 Å². The minimum absolute atomic E-state index is 0.0115. The van der Waals surface area contributed by atoms with Crippen molar-refractivity contribution in [3.8, 4) is 0 Å². The van der Waals surface area contributed by atoms with Gasteiger partial charge in [0.15, 0.2) is 0 Å². The van der Waals surface area contributed by atoms with Gasteiger partial charge in [0.25, 0.3) is 0 Å². The van der Waals surface area contributed by atoms with Crippen molar-refractivity contribution in [1.29, 1.82) is 0 Å². The molecule has 0 spiro atoms. The van der Waals surface area contributed by atoms with Gasteiger partial charge >= 0.3 is 0 Å². The molecular formula is C14H25NO4. The van der Waals surface area contributed by atoms with Crippen molar-refractivity contribution in [3.63, 3.8) is 0 Å². The van der Waals surface area contributed by atoms with Gasteiger partial charge in [-0.3, -0.25) is 4.79 Å². The number of aliphatic hydroxyl groups is 1. The Balaban J connectivity index is 2.34. The molecule has 110 valence electrons. The summed E-state index contributed by atoms with van der Waals surface area (Å²) in [6, 6.07) is 0.145. The van der Waals surface area contributed by atoms with E-state index < -0.39 is 0 Å². The number of nitrogens with zero attached hydrogens (tertiary/aromatic N) is 1. The molecule has 1 saturated heterocycles. The SMILES string of the molecule is CCOCCOC[C@H]1CCCC(=O)N1C/C=C\CO. The number of hydrogen-bond acceptors (Lipinski definition) is 4. The van der Waals surface area contributed by atoms with Crippen LogP contribution in [0.2, 0.25) is 0 Å². The van der Waals surface area contributed by atoms with Crippen LogP contribution in [0.25, 0.3) is 0 Å². The van der Waals surface area contributed by atoms with E-state index in [-0.39, 0.29) is 18.6 Å². The van der Waals surface area contributed by atoms with Crippen LogP contribution in [0, 0.1) is 0 Å². The third-order valence-corrected chi connectivity index (χ3v) is 3.15. The summed E-state index contributed by atoms with van der Waals surface area (Å²) < 4.78 is 10.8. The second-order valence-corrected chi connectivity index (χ2v) is 4.52. The van der Waals surface area contributed by atoms with Gasteiger partial charge in [0, 0.05) is 19.6 Å². The molecule has 5 nitrogen and oxygen atoms in total. The van der Waals surface area contributed by atoms with Crippen LogP contribution in [0.3, 0.4) is 0 Å². The first kappa shape index (κ1) is 16.1. The number of carbonyl (C=O) groups is 1. The van der Waals surface area contributed by atoms with E-state index >= 15 is 0 Å². The van der Waals surface area contributed by atoms with Crippen LogP contribution in [0.4, 0.5) is 0 Å². The van der Waals surface area contributed by atoms with Crippen molar-refractivity contribution >= 4 is 5.91 Å². The normalized spacial score (nSPS) is 20.4. The van der Waals surface area contributed by atoms with Crippen molar-refractivity contribution in [1.82, 2.24) is 4.90 Å². The first-order chi connectivity index (χ1) is 9.29. The lowest BCUT2D eigenvalue weighted by atomic mass is 10.0. The minimum Gasteiger partial charge on any atom is -0.392 e. The summed E-state index contributed by atoms with van der Waals surface area (Å²) >= 11 is 0. The van der Waals surface area contributed by atoms with Gasteiger partial charge in [0.2, 0.25) is 5.91 Å². The Morgan fingerprint density at radius 3 is 2.89 bits per heavy atom. The lowest BCUT2D eigenvalue weighted by Crippen LogP contribution is -2.46. The summed E-state index contributed by atoms with van der Waals surface area (Å²) in [4.78, 5) is 13.7. The average Bonchev–Trinajstić information content (AvgIpc) is 2.41. The van der Waals surface area contributed by atoms with Crippen molar-refractivity contribution in [2.75, 3.05) is 39.6 Å². The van der Waals surface area contributed by atoms with Gasteiger partial charge in [0.1, 0.15) is 0 Å². The van der Waals surface area contributed by atoms with Crippen LogP contribution in [-0.4, -0.2) is 61.5 Å². The van der Waals surface area contributed by atoms with Gasteiger partial charge in [-0.05, 0) is 19.8 Å². The molecular weight excluding hydrogens is 246 g/mol. The number of ether oxygens (including phenoxy) is 2. The highest BCUT2D eigenvalue weighted by atomic mass is 16.5. The van der Waals surface area contributed by atoms with Crippen molar-refractivity contribution in [2.45, 2.75) is 32.2 Å². The highest BCUT2D eigenvalue weighted by molar-refractivity contribution is 5.77. The van der Waals surface area contributed by atoms with E-state index in [2.05, 4.69) is 0 Å². The molecule has 0 aromatic carbocycles. The molecule has 5 heteroatoms. The number of hydrogen-bond donors (Lipinski definition) is 1. The molecule has 0 aromatic heterocycles. The second kappa shape index (κ2) is 9.95. The van der Waals surface area contributed by atoms with Crippen molar-refractivity contribution < 1.29 is 19.4 Å². The van der Waals surface area contributed by atoms with E-state index in [0.29, 0.717) is 39.4 Å². The lowest BCUT2D eigenvalue weighted by molar-refractivity contribution is -0.137. The Kier molecular flexibility index (Phi) is 8.45. The van der Waals surface area contributed by atoms with E-state index in [1.165, 1.54) is 0 Å². The fourth-order valence-electron chi connectivity index (χ4n) is 2.16. The molecule has 1 rings (SSSR count). The van der Waals surface area contributed by atoms with E-state index in [1.807, 2.05) is 17.9 Å². The molecule has 1 amide bonds. The lowest BCUT2D eigenvalue weighted by Gasteiger charge is -2.34. The first-order valence-corrected chi connectivity index (χ1v) is 7.00. The van der Waals surface area contributed by atoms with Gasteiger partial charge < -0.3 is 19.5 Å². The molecule has 1 fully saturated rings. The number of likely N-dealkylation sites (tertiary alicyclic amines) is 1. The Bertz CT molecular complexity index is 281. The highest BCUT2D eigenvalue weighted by Gasteiger charge is 2.26. The fourth-order valence-corrected chi connectivity index (χ4v) is 2.16. The molecule has 1 aliphatic rings. The maximum atomic E-state index is 11.9. The highest BCUT2D eigenvalue weighted by Crippen LogP contribution is 2.18. The molecule has 0 bridgehead atoms. The van der Waals surface area contributed by atoms with Crippen LogP contribution in [0.15, 0.2) is 12.2 Å². The molecule has 1 aliphatic heterocycles. The largest absolute Gasteiger partial charge is 0.392 e. The summed E-state index contributed by atoms with van der Waals surface area (Å²) in [5.41, 5.74) is 0. The number of amides is 1. The molecule has 0 unspecified atom stereocenters. The maximum absolute atomic E-state index is 11.9. The summed E-state index contributed by atoms with van der Waals surface area (Å²) in [7, 11) is 0.